The van der Waals surface area contributed by atoms with Gasteiger partial charge >= 0.3 is 29.6 Å². The first-order chi connectivity index (χ1) is 0. The third-order valence-corrected chi connectivity index (χ3v) is 0. The normalized spacial score (nSPS) is 0. The van der Waals surface area contributed by atoms with E-state index in [9.17, 15) is 0 Å². The Kier molecular flexibility index (Phi) is 8500. The average molecular weight is 110 g/mol. The van der Waals surface area contributed by atoms with Crippen LogP contribution in [0.5, 0.6) is 0 Å². The Hall–Kier alpha value is 0.905. The van der Waals surface area contributed by atoms with Crippen molar-refractivity contribution in [3.8, 4) is 0 Å². The van der Waals surface area contributed by atoms with Crippen LogP contribution in [0.3, 0.4) is 0 Å². The van der Waals surface area contributed by atoms with Crippen molar-refractivity contribution >= 4 is 38.0 Å². The summed E-state index contributed by atoms with van der Waals surface area (Å²) < 4.78 is 0. The summed E-state index contributed by atoms with van der Waals surface area (Å²) in [6.45, 7) is 0. The predicted molar refractivity (Wildman–Crippen MR) is 31.5 cm³/mol. The van der Waals surface area contributed by atoms with Gasteiger partial charge in [-0.2, -0.15) is 0 Å². The molecular weight excluding hydrogens is 97.8 g/mol. The first kappa shape index (κ1) is 294. The van der Waals surface area contributed by atoms with Gasteiger partial charge in [0.2, 0.25) is 0 Å². The van der Waals surface area contributed by atoms with Gasteiger partial charge in [-0.3, -0.25) is 0 Å². The Labute approximate surface area is 60.0 Å². The SMILES string of the molecule is B.O.O.O.O.[NaH]. The first-order valence-corrected chi connectivity index (χ1v) is 0. The maximum atomic E-state index is 0. The molecule has 0 radical (unpaired) electrons. The van der Waals surface area contributed by atoms with Gasteiger partial charge in [-0.25, -0.2) is 0 Å². The van der Waals surface area contributed by atoms with Gasteiger partial charge in [0.25, 0.3) is 0 Å². The summed E-state index contributed by atoms with van der Waals surface area (Å²) in [5.41, 5.74) is 0. The van der Waals surface area contributed by atoms with Crippen LogP contribution in [0, 0.1) is 0 Å². The van der Waals surface area contributed by atoms with Crippen molar-refractivity contribution in [2.75, 3.05) is 0 Å². The quantitative estimate of drug-likeness (QED) is 0.276. The summed E-state index contributed by atoms with van der Waals surface area (Å²) in [5.74, 6) is 0. The van der Waals surface area contributed by atoms with Crippen LogP contribution in [0.4, 0.5) is 0 Å². The molecule has 0 bridgehead atoms. The van der Waals surface area contributed by atoms with Crippen LogP contribution in [0.25, 0.3) is 0 Å². The summed E-state index contributed by atoms with van der Waals surface area (Å²) in [6, 6.07) is 0. The molecule has 0 aliphatic heterocycles. The first-order valence-electron chi connectivity index (χ1n) is 0. The average Bonchev–Trinajstić information content (AvgIpc) is 0. The zero-order valence-electron chi connectivity index (χ0n) is 2.00. The van der Waals surface area contributed by atoms with Gasteiger partial charge in [0.15, 0.2) is 0 Å². The van der Waals surface area contributed by atoms with Crippen LogP contribution in [0.15, 0.2) is 0 Å². The van der Waals surface area contributed by atoms with E-state index >= 15 is 0 Å². The molecule has 8 N–H and O–H groups in total. The van der Waals surface area contributed by atoms with Gasteiger partial charge in [-0.05, 0) is 0 Å². The fraction of sp³-hybridized carbons (Fsp3) is 0. The van der Waals surface area contributed by atoms with Crippen LogP contribution in [0.2, 0.25) is 0 Å². The predicted octanol–water partition coefficient (Wildman–Crippen LogP) is -5.13. The fourth-order valence-electron chi connectivity index (χ4n) is 0. The Morgan fingerprint density at radius 1 is 0.500 bits per heavy atom. The van der Waals surface area contributed by atoms with Crippen molar-refractivity contribution in [3.63, 3.8) is 0 Å². The van der Waals surface area contributed by atoms with Crippen LogP contribution in [-0.4, -0.2) is 59.9 Å². The third-order valence-electron chi connectivity index (χ3n) is 0. The van der Waals surface area contributed by atoms with Gasteiger partial charge in [-0.15, -0.1) is 0 Å². The van der Waals surface area contributed by atoms with E-state index < -0.39 is 0 Å². The topological polar surface area (TPSA) is 126 Å². The summed E-state index contributed by atoms with van der Waals surface area (Å²) in [6.07, 6.45) is 0. The van der Waals surface area contributed by atoms with Gasteiger partial charge in [0.05, 0.1) is 8.41 Å². The van der Waals surface area contributed by atoms with Crippen molar-refractivity contribution in [1.82, 2.24) is 0 Å². The zero-order chi connectivity index (χ0) is 0. The molecule has 0 saturated heterocycles. The molecule has 0 aromatic carbocycles. The molecule has 40 valence electrons. The van der Waals surface area contributed by atoms with E-state index in [2.05, 4.69) is 0 Å². The Bertz CT molecular complexity index is 7.51. The van der Waals surface area contributed by atoms with E-state index in [0.29, 0.717) is 0 Å². The van der Waals surface area contributed by atoms with E-state index in [1.54, 1.807) is 0 Å². The van der Waals surface area contributed by atoms with E-state index in [0.717, 1.165) is 0 Å². The van der Waals surface area contributed by atoms with E-state index in [1.807, 2.05) is 0 Å². The fourth-order valence-corrected chi connectivity index (χ4v) is 0. The van der Waals surface area contributed by atoms with E-state index in [4.69, 9.17) is 0 Å². The molecule has 6 heteroatoms. The maximum absolute atomic E-state index is 0. The molecule has 0 heterocycles. The Balaban J connectivity index is 0. The number of hydrogen-bond donors (Lipinski definition) is 0. The summed E-state index contributed by atoms with van der Waals surface area (Å²) in [5, 5.41) is 0. The number of hydrogen-bond acceptors (Lipinski definition) is 0. The zero-order valence-corrected chi connectivity index (χ0v) is 2.00. The van der Waals surface area contributed by atoms with Crippen molar-refractivity contribution in [2.45, 2.75) is 0 Å². The van der Waals surface area contributed by atoms with Gasteiger partial charge < -0.3 is 21.9 Å². The van der Waals surface area contributed by atoms with Crippen LogP contribution in [0.1, 0.15) is 0 Å². The van der Waals surface area contributed by atoms with Crippen LogP contribution < -0.4 is 0 Å². The minimum absolute atomic E-state index is 0. The third kappa shape index (κ3) is 91.3. The van der Waals surface area contributed by atoms with Gasteiger partial charge in [0.1, 0.15) is 0 Å². The molecule has 4 nitrogen and oxygen atoms in total. The van der Waals surface area contributed by atoms with Crippen LogP contribution in [-0.2, 0) is 0 Å². The van der Waals surface area contributed by atoms with Crippen molar-refractivity contribution in [1.29, 1.82) is 0 Å². The molecule has 0 aliphatic rings. The van der Waals surface area contributed by atoms with Crippen molar-refractivity contribution in [2.24, 2.45) is 0 Å². The Morgan fingerprint density at radius 3 is 0.500 bits per heavy atom. The summed E-state index contributed by atoms with van der Waals surface area (Å²) in [7, 11) is 0. The standard InChI is InChI=1S/BH3.Na.4H2O.H/h1H3;;4*1H2;. The summed E-state index contributed by atoms with van der Waals surface area (Å²) >= 11 is 0. The van der Waals surface area contributed by atoms with Gasteiger partial charge in [0, 0.05) is 0 Å². The molecule has 0 unspecified atom stereocenters. The minimum atomic E-state index is 0. The molecule has 6 heavy (non-hydrogen) atoms. The molecule has 0 atom stereocenters. The molecular formula is H12BNaO4. The monoisotopic (exact) mass is 110 g/mol. The second-order valence-corrected chi connectivity index (χ2v) is 0. The molecule has 0 amide bonds. The molecule has 0 aliphatic carbocycles. The molecule has 0 fully saturated rings. The second kappa shape index (κ2) is 173. The Morgan fingerprint density at radius 2 is 0.500 bits per heavy atom. The van der Waals surface area contributed by atoms with Gasteiger partial charge in [-0.1, -0.05) is 0 Å². The molecule has 0 aromatic rings. The van der Waals surface area contributed by atoms with Crippen LogP contribution >= 0.6 is 0 Å². The second-order valence-electron chi connectivity index (χ2n) is 0. The molecule has 0 aromatic heterocycles. The summed E-state index contributed by atoms with van der Waals surface area (Å²) in [4.78, 5) is 0. The molecule has 0 saturated carbocycles. The molecule has 0 rings (SSSR count). The van der Waals surface area contributed by atoms with Crippen molar-refractivity contribution < 1.29 is 21.9 Å². The number of rotatable bonds is 0. The van der Waals surface area contributed by atoms with Crippen molar-refractivity contribution in [3.05, 3.63) is 0 Å². The van der Waals surface area contributed by atoms with E-state index in [1.165, 1.54) is 0 Å². The van der Waals surface area contributed by atoms with E-state index in [-0.39, 0.29) is 59.9 Å². The molecule has 0 spiro atoms.